The van der Waals surface area contributed by atoms with Gasteiger partial charge in [0.05, 0.1) is 16.9 Å². The van der Waals surface area contributed by atoms with Gasteiger partial charge in [0, 0.05) is 5.56 Å². The van der Waals surface area contributed by atoms with Crippen LogP contribution in [0.5, 0.6) is 0 Å². The van der Waals surface area contributed by atoms with Crippen LogP contribution in [0.2, 0.25) is 0 Å². The number of benzene rings is 1. The van der Waals surface area contributed by atoms with E-state index in [1.54, 1.807) is 17.0 Å². The molecule has 0 bridgehead atoms. The molecule has 1 aromatic carbocycles. The van der Waals surface area contributed by atoms with Crippen molar-refractivity contribution in [2.45, 2.75) is 0 Å². The fraction of sp³-hybridized carbons (Fsp3) is 0. The molecule has 4 aromatic rings. The lowest BCUT2D eigenvalue weighted by atomic mass is 10.1. The number of nitrogen functional groups attached to an aromatic ring is 1. The van der Waals surface area contributed by atoms with E-state index in [1.807, 2.05) is 24.3 Å². The van der Waals surface area contributed by atoms with Crippen molar-refractivity contribution >= 4 is 38.6 Å². The minimum Gasteiger partial charge on any atom is -0.424 e. The Morgan fingerprint density at radius 3 is 2.85 bits per heavy atom. The van der Waals surface area contributed by atoms with Crippen molar-refractivity contribution in [3.05, 3.63) is 41.1 Å². The maximum atomic E-state index is 5.55. The van der Waals surface area contributed by atoms with Crippen molar-refractivity contribution in [3.63, 3.8) is 0 Å². The molecule has 6 nitrogen and oxygen atoms in total. The Kier molecular flexibility index (Phi) is 2.31. The van der Waals surface area contributed by atoms with Crippen LogP contribution in [0.1, 0.15) is 0 Å². The number of halogens is 1. The summed E-state index contributed by atoms with van der Waals surface area (Å²) in [5, 5.41) is 8.39. The third kappa shape index (κ3) is 1.67. The predicted molar refractivity (Wildman–Crippen MR) is 78.1 cm³/mol. The van der Waals surface area contributed by atoms with E-state index in [2.05, 4.69) is 31.1 Å². The summed E-state index contributed by atoms with van der Waals surface area (Å²) in [6, 6.07) is 7.90. The van der Waals surface area contributed by atoms with Crippen LogP contribution < -0.4 is 5.73 Å². The molecule has 0 aliphatic carbocycles. The van der Waals surface area contributed by atoms with Crippen LogP contribution in [0.3, 0.4) is 0 Å². The highest BCUT2D eigenvalue weighted by Crippen LogP contribution is 2.27. The van der Waals surface area contributed by atoms with Crippen LogP contribution in [-0.2, 0) is 0 Å². The quantitative estimate of drug-likeness (QED) is 0.580. The first-order valence-electron chi connectivity index (χ1n) is 5.87. The topological polar surface area (TPSA) is 82.2 Å². The molecule has 0 radical (unpaired) electrons. The van der Waals surface area contributed by atoms with Gasteiger partial charge in [-0.1, -0.05) is 6.07 Å². The number of hydrogen-bond acceptors (Lipinski definition) is 5. The number of aromatic nitrogens is 4. The van der Waals surface area contributed by atoms with Crippen LogP contribution in [0.25, 0.3) is 27.7 Å². The molecule has 0 amide bonds. The molecule has 0 unspecified atom stereocenters. The van der Waals surface area contributed by atoms with Crippen LogP contribution >= 0.6 is 15.9 Å². The van der Waals surface area contributed by atoms with Crippen molar-refractivity contribution < 1.29 is 4.42 Å². The van der Waals surface area contributed by atoms with E-state index >= 15 is 0 Å². The summed E-state index contributed by atoms with van der Waals surface area (Å²) < 4.78 is 7.74. The highest BCUT2D eigenvalue weighted by atomic mass is 79.9. The van der Waals surface area contributed by atoms with E-state index in [0.717, 1.165) is 26.6 Å². The first kappa shape index (κ1) is 11.4. The van der Waals surface area contributed by atoms with E-state index in [4.69, 9.17) is 10.2 Å². The van der Waals surface area contributed by atoms with Gasteiger partial charge in [0.2, 0.25) is 0 Å². The Bertz CT molecular complexity index is 942. The summed E-state index contributed by atoms with van der Waals surface area (Å²) in [7, 11) is 0. The van der Waals surface area contributed by atoms with Crippen LogP contribution in [0.15, 0.2) is 45.5 Å². The summed E-state index contributed by atoms with van der Waals surface area (Å²) in [6.07, 6.45) is 3.48. The Labute approximate surface area is 121 Å². The zero-order valence-electron chi connectivity index (χ0n) is 10.1. The molecule has 0 saturated carbocycles. The van der Waals surface area contributed by atoms with Gasteiger partial charge in [-0.3, -0.25) is 0 Å². The minimum absolute atomic E-state index is 0.171. The first-order chi connectivity index (χ1) is 9.70. The standard InChI is InChI=1S/C13H8BrN5O/c14-9-6-17-19-11(9)4-8(5-16-19)7-1-2-12-10(3-7)18-13(15)20-12/h1-6H,(H2,15,18). The van der Waals surface area contributed by atoms with Gasteiger partial charge in [-0.05, 0) is 39.7 Å². The molecule has 0 spiro atoms. The van der Waals surface area contributed by atoms with Crippen molar-refractivity contribution in [3.8, 4) is 11.1 Å². The van der Waals surface area contributed by atoms with Crippen LogP contribution in [0.4, 0.5) is 6.01 Å². The van der Waals surface area contributed by atoms with E-state index in [0.29, 0.717) is 5.58 Å². The SMILES string of the molecule is Nc1nc2cc(-c3cnn4ncc(Br)c4c3)ccc2o1. The highest BCUT2D eigenvalue weighted by molar-refractivity contribution is 9.10. The Morgan fingerprint density at radius 2 is 1.95 bits per heavy atom. The van der Waals surface area contributed by atoms with Crippen molar-refractivity contribution in [1.29, 1.82) is 0 Å². The second-order valence-corrected chi connectivity index (χ2v) is 5.20. The maximum absolute atomic E-state index is 5.55. The molecular weight excluding hydrogens is 322 g/mol. The summed E-state index contributed by atoms with van der Waals surface area (Å²) >= 11 is 3.45. The molecule has 3 heterocycles. The van der Waals surface area contributed by atoms with Crippen molar-refractivity contribution in [2.75, 3.05) is 5.73 Å². The lowest BCUT2D eigenvalue weighted by Crippen LogP contribution is -1.93. The number of nitrogens with two attached hydrogens (primary N) is 1. The molecular formula is C13H8BrN5O. The van der Waals surface area contributed by atoms with Gasteiger partial charge in [0.15, 0.2) is 5.58 Å². The number of nitrogens with zero attached hydrogens (tertiary/aromatic N) is 4. The van der Waals surface area contributed by atoms with Gasteiger partial charge in [-0.15, -0.1) is 0 Å². The summed E-state index contributed by atoms with van der Waals surface area (Å²) in [5.41, 5.74) is 9.83. The summed E-state index contributed by atoms with van der Waals surface area (Å²) in [5.74, 6) is 0. The molecule has 0 aliphatic heterocycles. The van der Waals surface area contributed by atoms with Gasteiger partial charge in [-0.2, -0.15) is 19.8 Å². The van der Waals surface area contributed by atoms with Crippen LogP contribution in [-0.4, -0.2) is 19.8 Å². The van der Waals surface area contributed by atoms with E-state index in [9.17, 15) is 0 Å². The lowest BCUT2D eigenvalue weighted by Gasteiger charge is -2.01. The maximum Gasteiger partial charge on any atom is 0.292 e. The monoisotopic (exact) mass is 329 g/mol. The molecule has 98 valence electrons. The van der Waals surface area contributed by atoms with Gasteiger partial charge in [0.25, 0.3) is 6.01 Å². The molecule has 4 rings (SSSR count). The number of oxazole rings is 1. The van der Waals surface area contributed by atoms with Crippen LogP contribution in [0, 0.1) is 0 Å². The average Bonchev–Trinajstić information content (AvgIpc) is 3.00. The second kappa shape index (κ2) is 4.04. The van der Waals surface area contributed by atoms with Gasteiger partial charge >= 0.3 is 0 Å². The summed E-state index contributed by atoms with van der Waals surface area (Å²) in [6.45, 7) is 0. The molecule has 2 N–H and O–H groups in total. The normalized spacial score (nSPS) is 11.4. The molecule has 7 heteroatoms. The first-order valence-corrected chi connectivity index (χ1v) is 6.66. The smallest absolute Gasteiger partial charge is 0.292 e. The summed E-state index contributed by atoms with van der Waals surface area (Å²) in [4.78, 5) is 4.13. The zero-order chi connectivity index (χ0) is 13.7. The number of hydrogen-bond donors (Lipinski definition) is 1. The molecule has 0 saturated heterocycles. The molecule has 20 heavy (non-hydrogen) atoms. The third-order valence-corrected chi connectivity index (χ3v) is 3.69. The molecule has 0 fully saturated rings. The predicted octanol–water partition coefficient (Wildman–Crippen LogP) is 2.88. The molecule has 3 aromatic heterocycles. The third-order valence-electron chi connectivity index (χ3n) is 3.08. The average molecular weight is 330 g/mol. The van der Waals surface area contributed by atoms with Gasteiger partial charge in [0.1, 0.15) is 11.0 Å². The second-order valence-electron chi connectivity index (χ2n) is 4.35. The van der Waals surface area contributed by atoms with Crippen molar-refractivity contribution in [2.24, 2.45) is 0 Å². The highest BCUT2D eigenvalue weighted by Gasteiger charge is 2.08. The molecule has 0 aliphatic rings. The number of fused-ring (bicyclic) bond motifs is 2. The van der Waals surface area contributed by atoms with E-state index in [1.165, 1.54) is 0 Å². The number of rotatable bonds is 1. The van der Waals surface area contributed by atoms with E-state index < -0.39 is 0 Å². The molecule has 0 atom stereocenters. The largest absolute Gasteiger partial charge is 0.424 e. The fourth-order valence-corrected chi connectivity index (χ4v) is 2.50. The van der Waals surface area contributed by atoms with Gasteiger partial charge in [-0.25, -0.2) is 0 Å². The van der Waals surface area contributed by atoms with E-state index in [-0.39, 0.29) is 6.01 Å². The van der Waals surface area contributed by atoms with Crippen molar-refractivity contribution in [1.82, 2.24) is 19.8 Å². The Balaban J connectivity index is 1.92. The Morgan fingerprint density at radius 1 is 1.10 bits per heavy atom. The lowest BCUT2D eigenvalue weighted by molar-refractivity contribution is 0.626. The van der Waals surface area contributed by atoms with Gasteiger partial charge < -0.3 is 10.2 Å². The fourth-order valence-electron chi connectivity index (χ4n) is 2.13. The Hall–Kier alpha value is -2.41. The number of anilines is 1. The zero-order valence-corrected chi connectivity index (χ0v) is 11.7. The minimum atomic E-state index is 0.171.